The van der Waals surface area contributed by atoms with Crippen molar-refractivity contribution in [3.63, 3.8) is 0 Å². The van der Waals surface area contributed by atoms with Crippen molar-refractivity contribution in [2.24, 2.45) is 0 Å². The number of carboxylic acid groups (broad SMARTS) is 1. The second-order valence-corrected chi connectivity index (χ2v) is 9.39. The fourth-order valence-corrected chi connectivity index (χ4v) is 5.54. The number of amides is 1. The van der Waals surface area contributed by atoms with Crippen molar-refractivity contribution in [3.05, 3.63) is 89.5 Å². The van der Waals surface area contributed by atoms with Crippen LogP contribution in [0.5, 0.6) is 5.75 Å². The Morgan fingerprint density at radius 2 is 1.49 bits per heavy atom. The normalized spacial score (nSPS) is 21.0. The summed E-state index contributed by atoms with van der Waals surface area (Å²) >= 11 is 0. The van der Waals surface area contributed by atoms with Crippen LogP contribution < -0.4 is 10.1 Å². The molecule has 0 aromatic heterocycles. The summed E-state index contributed by atoms with van der Waals surface area (Å²) < 4.78 is 10.9. The first-order chi connectivity index (χ1) is 17.0. The lowest BCUT2D eigenvalue weighted by Gasteiger charge is -2.37. The highest BCUT2D eigenvalue weighted by atomic mass is 16.5. The molecule has 6 nitrogen and oxygen atoms in total. The van der Waals surface area contributed by atoms with Gasteiger partial charge in [-0.25, -0.2) is 9.59 Å². The van der Waals surface area contributed by atoms with Gasteiger partial charge in [0, 0.05) is 5.92 Å². The van der Waals surface area contributed by atoms with Crippen LogP contribution in [0.4, 0.5) is 4.79 Å². The Morgan fingerprint density at radius 1 is 0.914 bits per heavy atom. The van der Waals surface area contributed by atoms with Gasteiger partial charge in [0.15, 0.2) is 0 Å². The number of carboxylic acids is 1. The van der Waals surface area contributed by atoms with Crippen LogP contribution in [0.3, 0.4) is 0 Å². The average Bonchev–Trinajstić information content (AvgIpc) is 3.21. The van der Waals surface area contributed by atoms with E-state index in [2.05, 4.69) is 29.6 Å². The number of carbonyl (C=O) groups excluding carboxylic acids is 1. The number of ether oxygens (including phenoxy) is 2. The molecule has 2 aliphatic rings. The van der Waals surface area contributed by atoms with Gasteiger partial charge in [0.25, 0.3) is 0 Å². The summed E-state index contributed by atoms with van der Waals surface area (Å²) in [5.41, 5.74) is 4.38. The zero-order valence-electron chi connectivity index (χ0n) is 19.7. The number of methoxy groups -OCH3 is 1. The minimum Gasteiger partial charge on any atom is -0.497 e. The number of fused-ring (bicyclic) bond motifs is 3. The van der Waals surface area contributed by atoms with Gasteiger partial charge in [-0.1, -0.05) is 60.7 Å². The molecule has 0 unspecified atom stereocenters. The molecule has 0 radical (unpaired) electrons. The number of aliphatic carboxylic acids is 1. The number of carbonyl (C=O) groups is 2. The Morgan fingerprint density at radius 3 is 2.03 bits per heavy atom. The standard InChI is InChI=1S/C29H29NO5/c1-34-21-12-10-19(11-13-21)20-14-16-29(17-15-20,27(31)32)30-28(33)35-18-26-24-8-4-2-6-22(24)23-7-3-5-9-25(23)26/h2-13,20,26H,14-18H2,1H3,(H,30,33)(H,31,32)/t20-,29+. The van der Waals surface area contributed by atoms with Gasteiger partial charge in [-0.15, -0.1) is 0 Å². The first-order valence-corrected chi connectivity index (χ1v) is 12.0. The molecular formula is C29H29NO5. The fraction of sp³-hybridized carbons (Fsp3) is 0.310. The van der Waals surface area contributed by atoms with Crippen molar-refractivity contribution in [1.29, 1.82) is 0 Å². The molecule has 2 aliphatic carbocycles. The topological polar surface area (TPSA) is 84.9 Å². The summed E-state index contributed by atoms with van der Waals surface area (Å²) in [4.78, 5) is 25.1. The molecule has 0 bridgehead atoms. The van der Waals surface area contributed by atoms with Gasteiger partial charge in [0.1, 0.15) is 17.9 Å². The number of nitrogens with one attached hydrogen (secondary N) is 1. The number of hydrogen-bond acceptors (Lipinski definition) is 4. The second-order valence-electron chi connectivity index (χ2n) is 9.39. The largest absolute Gasteiger partial charge is 0.497 e. The van der Waals surface area contributed by atoms with E-state index in [9.17, 15) is 14.7 Å². The highest BCUT2D eigenvalue weighted by Gasteiger charge is 2.44. The van der Waals surface area contributed by atoms with Gasteiger partial charge in [-0.2, -0.15) is 0 Å². The smallest absolute Gasteiger partial charge is 0.408 e. The summed E-state index contributed by atoms with van der Waals surface area (Å²) in [5, 5.41) is 12.7. The van der Waals surface area contributed by atoms with E-state index in [1.54, 1.807) is 7.11 Å². The molecule has 6 heteroatoms. The number of hydrogen-bond donors (Lipinski definition) is 2. The van der Waals surface area contributed by atoms with E-state index in [4.69, 9.17) is 9.47 Å². The molecule has 1 fully saturated rings. The van der Waals surface area contributed by atoms with E-state index < -0.39 is 17.6 Å². The van der Waals surface area contributed by atoms with Crippen molar-refractivity contribution in [2.45, 2.75) is 43.1 Å². The molecule has 5 rings (SSSR count). The average molecular weight is 472 g/mol. The molecule has 1 saturated carbocycles. The minimum atomic E-state index is -1.31. The molecule has 180 valence electrons. The van der Waals surface area contributed by atoms with Gasteiger partial charge in [0.2, 0.25) is 0 Å². The fourth-order valence-electron chi connectivity index (χ4n) is 5.54. The molecule has 1 amide bonds. The van der Waals surface area contributed by atoms with E-state index in [0.717, 1.165) is 33.6 Å². The lowest BCUT2D eigenvalue weighted by Crippen LogP contribution is -2.56. The predicted octanol–water partition coefficient (Wildman–Crippen LogP) is 5.71. The first kappa shape index (κ1) is 23.0. The zero-order chi connectivity index (χ0) is 24.4. The van der Waals surface area contributed by atoms with Crippen molar-refractivity contribution >= 4 is 12.1 Å². The molecule has 2 N–H and O–H groups in total. The molecule has 3 aromatic carbocycles. The summed E-state index contributed by atoms with van der Waals surface area (Å²) in [5.74, 6) is -0.0435. The van der Waals surface area contributed by atoms with Crippen LogP contribution in [0.1, 0.15) is 54.2 Å². The van der Waals surface area contributed by atoms with Gasteiger partial charge >= 0.3 is 12.1 Å². The quantitative estimate of drug-likeness (QED) is 0.481. The van der Waals surface area contributed by atoms with Crippen LogP contribution >= 0.6 is 0 Å². The minimum absolute atomic E-state index is 0.0697. The van der Waals surface area contributed by atoms with Crippen molar-refractivity contribution in [1.82, 2.24) is 5.32 Å². The Balaban J connectivity index is 1.24. The van der Waals surface area contributed by atoms with Crippen LogP contribution in [-0.2, 0) is 9.53 Å². The molecule has 0 atom stereocenters. The Kier molecular flexibility index (Phi) is 6.20. The third-order valence-electron chi connectivity index (χ3n) is 7.52. The summed E-state index contributed by atoms with van der Waals surface area (Å²) in [6, 6.07) is 24.1. The van der Waals surface area contributed by atoms with E-state index in [-0.39, 0.29) is 18.4 Å². The summed E-state index contributed by atoms with van der Waals surface area (Å²) in [7, 11) is 1.63. The van der Waals surface area contributed by atoms with Gasteiger partial charge in [0.05, 0.1) is 7.11 Å². The van der Waals surface area contributed by atoms with Gasteiger partial charge in [-0.05, 0) is 71.6 Å². The highest BCUT2D eigenvalue weighted by Crippen LogP contribution is 2.44. The maximum atomic E-state index is 12.8. The van der Waals surface area contributed by atoms with E-state index in [1.165, 1.54) is 0 Å². The first-order valence-electron chi connectivity index (χ1n) is 12.0. The third kappa shape index (κ3) is 4.36. The summed E-state index contributed by atoms with van der Waals surface area (Å²) in [6.07, 6.45) is 1.36. The number of rotatable bonds is 6. The van der Waals surface area contributed by atoms with Crippen LogP contribution in [-0.4, -0.2) is 36.4 Å². The lowest BCUT2D eigenvalue weighted by atomic mass is 9.74. The number of alkyl carbamates (subject to hydrolysis) is 1. The van der Waals surface area contributed by atoms with Crippen molar-refractivity contribution < 1.29 is 24.2 Å². The van der Waals surface area contributed by atoms with Gasteiger partial charge < -0.3 is 19.9 Å². The molecule has 0 aliphatic heterocycles. The maximum Gasteiger partial charge on any atom is 0.408 e. The summed E-state index contributed by atoms with van der Waals surface area (Å²) in [6.45, 7) is 0.157. The number of benzene rings is 3. The molecule has 0 spiro atoms. The Labute approximate surface area is 204 Å². The maximum absolute atomic E-state index is 12.8. The van der Waals surface area contributed by atoms with Crippen molar-refractivity contribution in [3.8, 4) is 16.9 Å². The molecule has 35 heavy (non-hydrogen) atoms. The lowest BCUT2D eigenvalue weighted by molar-refractivity contribution is -0.146. The second kappa shape index (κ2) is 9.45. The van der Waals surface area contributed by atoms with E-state index in [1.807, 2.05) is 48.5 Å². The van der Waals surface area contributed by atoms with Crippen LogP contribution in [0.2, 0.25) is 0 Å². The van der Waals surface area contributed by atoms with Gasteiger partial charge in [-0.3, -0.25) is 0 Å². The molecule has 0 saturated heterocycles. The predicted molar refractivity (Wildman–Crippen MR) is 133 cm³/mol. The monoisotopic (exact) mass is 471 g/mol. The Hall–Kier alpha value is -3.80. The zero-order valence-corrected chi connectivity index (χ0v) is 19.7. The van der Waals surface area contributed by atoms with E-state index >= 15 is 0 Å². The molecule has 0 heterocycles. The molecule has 3 aromatic rings. The molecular weight excluding hydrogens is 442 g/mol. The van der Waals surface area contributed by atoms with Crippen LogP contribution in [0.25, 0.3) is 11.1 Å². The SMILES string of the molecule is COc1ccc([C@H]2CC[C@](NC(=O)OCC3c4ccccc4-c4ccccc43)(C(=O)O)CC2)cc1. The van der Waals surface area contributed by atoms with Crippen molar-refractivity contribution in [2.75, 3.05) is 13.7 Å². The Bertz CT molecular complexity index is 1180. The van der Waals surface area contributed by atoms with Crippen LogP contribution in [0, 0.1) is 0 Å². The highest BCUT2D eigenvalue weighted by molar-refractivity contribution is 5.85. The third-order valence-corrected chi connectivity index (χ3v) is 7.52. The van der Waals surface area contributed by atoms with E-state index in [0.29, 0.717) is 25.7 Å². The van der Waals surface area contributed by atoms with Crippen LogP contribution in [0.15, 0.2) is 72.8 Å².